The van der Waals surface area contributed by atoms with Gasteiger partial charge in [0.1, 0.15) is 35.3 Å². The van der Waals surface area contributed by atoms with Crippen LogP contribution in [0, 0.1) is 0 Å². The minimum atomic E-state index is -3.56. The van der Waals surface area contributed by atoms with E-state index in [1.165, 1.54) is 13.4 Å². The van der Waals surface area contributed by atoms with Crippen LogP contribution in [-0.4, -0.2) is 69.4 Å². The van der Waals surface area contributed by atoms with Crippen LogP contribution in [0.15, 0.2) is 36.9 Å². The van der Waals surface area contributed by atoms with Gasteiger partial charge >= 0.3 is 19.7 Å². The normalized spacial score (nSPS) is 20.3. The molecule has 3 heterocycles. The molecule has 0 spiro atoms. The molecule has 1 aromatic carbocycles. The van der Waals surface area contributed by atoms with Crippen molar-refractivity contribution in [1.29, 1.82) is 0 Å². The SMILES string of the molecule is COC(=O)[C@H](Cc1ccc(O[P@]2(=O)CO[C@@H](Cn3cnc4c(N)ncnc43)CO2)cc1)NC(=O)OC(C)(C)C. The largest absolute Gasteiger partial charge is 0.467 e. The van der Waals surface area contributed by atoms with Crippen LogP contribution in [0.1, 0.15) is 26.3 Å². The van der Waals surface area contributed by atoms with E-state index in [4.69, 9.17) is 29.0 Å². The second kappa shape index (κ2) is 11.6. The molecule has 14 nitrogen and oxygen atoms in total. The maximum atomic E-state index is 13.1. The number of ether oxygens (including phenoxy) is 3. The molecule has 2 aromatic heterocycles. The number of carbonyl (C=O) groups is 2. The van der Waals surface area contributed by atoms with Crippen LogP contribution in [0.2, 0.25) is 0 Å². The predicted molar refractivity (Wildman–Crippen MR) is 139 cm³/mol. The molecular weight excluding hydrogens is 531 g/mol. The van der Waals surface area contributed by atoms with Gasteiger partial charge in [-0.05, 0) is 38.5 Å². The Balaban J connectivity index is 1.31. The lowest BCUT2D eigenvalue weighted by atomic mass is 10.1. The van der Waals surface area contributed by atoms with E-state index in [0.29, 0.717) is 29.0 Å². The fourth-order valence-electron chi connectivity index (χ4n) is 3.76. The van der Waals surface area contributed by atoms with Gasteiger partial charge in [0, 0.05) is 6.42 Å². The fourth-order valence-corrected chi connectivity index (χ4v) is 5.17. The van der Waals surface area contributed by atoms with E-state index in [0.717, 1.165) is 0 Å². The Kier molecular flexibility index (Phi) is 8.38. The first-order chi connectivity index (χ1) is 18.4. The third kappa shape index (κ3) is 7.43. The van der Waals surface area contributed by atoms with Gasteiger partial charge in [-0.2, -0.15) is 0 Å². The molecule has 0 saturated carbocycles. The highest BCUT2D eigenvalue weighted by molar-refractivity contribution is 7.54. The summed E-state index contributed by atoms with van der Waals surface area (Å²) in [4.78, 5) is 36.7. The summed E-state index contributed by atoms with van der Waals surface area (Å²) in [5.41, 5.74) is 6.86. The molecule has 3 N–H and O–H groups in total. The zero-order valence-corrected chi connectivity index (χ0v) is 22.9. The Hall–Kier alpha value is -3.74. The number of methoxy groups -OCH3 is 1. The minimum Gasteiger partial charge on any atom is -0.467 e. The number of aromatic nitrogens is 4. The molecule has 210 valence electrons. The topological polar surface area (TPSA) is 179 Å². The van der Waals surface area contributed by atoms with E-state index in [-0.39, 0.29) is 25.2 Å². The lowest BCUT2D eigenvalue weighted by Crippen LogP contribution is -2.45. The number of benzene rings is 1. The van der Waals surface area contributed by atoms with Crippen LogP contribution in [0.3, 0.4) is 0 Å². The van der Waals surface area contributed by atoms with Gasteiger partial charge in [0.05, 0.1) is 26.6 Å². The van der Waals surface area contributed by atoms with Crippen LogP contribution in [0.4, 0.5) is 10.6 Å². The number of nitrogens with one attached hydrogen (secondary N) is 1. The minimum absolute atomic E-state index is 0.0345. The maximum Gasteiger partial charge on any atom is 0.408 e. The molecular formula is C24H31N6O8P. The standard InChI is InChI=1S/C24H31N6O8P/c1-24(2,3)37-23(32)29-18(22(31)34-4)9-15-5-7-16(8-6-15)38-39(33)14-35-17(11-36-39)10-30-13-28-19-20(25)26-12-27-21(19)30/h5-8,12-13,17-18H,9-11,14H2,1-4H3,(H,29,32)(H2,25,26,27)/t17-,18-,39-/m0/s1. The molecule has 3 atom stereocenters. The van der Waals surface area contributed by atoms with Crippen molar-refractivity contribution in [2.45, 2.75) is 51.5 Å². The van der Waals surface area contributed by atoms with E-state index in [2.05, 4.69) is 20.3 Å². The van der Waals surface area contributed by atoms with Gasteiger partial charge in [-0.3, -0.25) is 4.52 Å². The molecule has 0 radical (unpaired) electrons. The lowest BCUT2D eigenvalue weighted by Gasteiger charge is -2.29. The van der Waals surface area contributed by atoms with Crippen LogP contribution in [-0.2, 0) is 41.1 Å². The van der Waals surface area contributed by atoms with E-state index in [9.17, 15) is 14.2 Å². The molecule has 1 aliphatic heterocycles. The van der Waals surface area contributed by atoms with Crippen molar-refractivity contribution < 1.29 is 37.4 Å². The molecule has 15 heteroatoms. The number of nitrogens with two attached hydrogens (primary N) is 1. The third-order valence-corrected chi connectivity index (χ3v) is 7.04. The highest BCUT2D eigenvalue weighted by Crippen LogP contribution is 2.51. The van der Waals surface area contributed by atoms with Gasteiger partial charge in [-0.25, -0.2) is 29.1 Å². The van der Waals surface area contributed by atoms with Gasteiger partial charge in [-0.1, -0.05) is 12.1 Å². The summed E-state index contributed by atoms with van der Waals surface area (Å²) in [7, 11) is -2.33. The zero-order valence-electron chi connectivity index (χ0n) is 22.0. The number of nitrogens with zero attached hydrogens (tertiary/aromatic N) is 4. The molecule has 0 unspecified atom stereocenters. The Morgan fingerprint density at radius 3 is 2.62 bits per heavy atom. The first kappa shape index (κ1) is 28.3. The molecule has 39 heavy (non-hydrogen) atoms. The number of nitrogen functional groups attached to an aromatic ring is 1. The Labute approximate surface area is 224 Å². The molecule has 0 aliphatic carbocycles. The van der Waals surface area contributed by atoms with Crippen molar-refractivity contribution in [1.82, 2.24) is 24.8 Å². The van der Waals surface area contributed by atoms with E-state index in [1.54, 1.807) is 55.9 Å². The van der Waals surface area contributed by atoms with Gasteiger partial charge in [0.25, 0.3) is 0 Å². The van der Waals surface area contributed by atoms with Crippen LogP contribution < -0.4 is 15.6 Å². The Bertz CT molecular complexity index is 1360. The molecule has 3 aromatic rings. The quantitative estimate of drug-likeness (QED) is 0.303. The second-order valence-corrected chi connectivity index (χ2v) is 11.7. The van der Waals surface area contributed by atoms with E-state index < -0.39 is 37.4 Å². The number of carbonyl (C=O) groups excluding carboxylic acids is 2. The molecule has 0 bridgehead atoms. The Morgan fingerprint density at radius 2 is 1.97 bits per heavy atom. The highest BCUT2D eigenvalue weighted by atomic mass is 31.2. The number of anilines is 1. The van der Waals surface area contributed by atoms with Gasteiger partial charge in [0.15, 0.2) is 17.8 Å². The van der Waals surface area contributed by atoms with Crippen LogP contribution in [0.25, 0.3) is 11.2 Å². The van der Waals surface area contributed by atoms with Crippen molar-refractivity contribution in [2.75, 3.05) is 25.8 Å². The summed E-state index contributed by atoms with van der Waals surface area (Å²) in [5.74, 6) is -0.0391. The van der Waals surface area contributed by atoms with Crippen molar-refractivity contribution in [2.24, 2.45) is 0 Å². The summed E-state index contributed by atoms with van der Waals surface area (Å²) in [6, 6.07) is 5.58. The van der Waals surface area contributed by atoms with E-state index in [1.807, 2.05) is 0 Å². The van der Waals surface area contributed by atoms with Crippen LogP contribution in [0.5, 0.6) is 5.75 Å². The molecule has 1 fully saturated rings. The second-order valence-electron chi connectivity index (χ2n) is 9.81. The lowest BCUT2D eigenvalue weighted by molar-refractivity contribution is -0.143. The first-order valence-electron chi connectivity index (χ1n) is 12.1. The molecule has 1 aliphatic rings. The monoisotopic (exact) mass is 562 g/mol. The van der Waals surface area contributed by atoms with Gasteiger partial charge in [-0.15, -0.1) is 0 Å². The molecule has 1 saturated heterocycles. The number of rotatable bonds is 8. The van der Waals surface area contributed by atoms with Gasteiger partial charge < -0.3 is 34.4 Å². The van der Waals surface area contributed by atoms with Crippen molar-refractivity contribution >= 4 is 36.6 Å². The van der Waals surface area contributed by atoms with Crippen LogP contribution >= 0.6 is 7.60 Å². The number of esters is 1. The predicted octanol–water partition coefficient (Wildman–Crippen LogP) is 2.66. The van der Waals surface area contributed by atoms with Crippen molar-refractivity contribution in [3.8, 4) is 5.75 Å². The summed E-state index contributed by atoms with van der Waals surface area (Å²) in [6.45, 7) is 5.56. The number of alkyl carbamates (subject to hydrolysis) is 1. The Morgan fingerprint density at radius 1 is 1.23 bits per heavy atom. The highest BCUT2D eigenvalue weighted by Gasteiger charge is 2.35. The van der Waals surface area contributed by atoms with Gasteiger partial charge in [0.2, 0.25) is 0 Å². The summed E-state index contributed by atoms with van der Waals surface area (Å²) in [6.07, 6.45) is 1.70. The number of amides is 1. The third-order valence-electron chi connectivity index (χ3n) is 5.54. The van der Waals surface area contributed by atoms with E-state index >= 15 is 0 Å². The smallest absolute Gasteiger partial charge is 0.408 e. The number of hydrogen-bond donors (Lipinski definition) is 2. The van der Waals surface area contributed by atoms with Crippen molar-refractivity contribution in [3.05, 3.63) is 42.5 Å². The van der Waals surface area contributed by atoms with Crippen molar-refractivity contribution in [3.63, 3.8) is 0 Å². The zero-order chi connectivity index (χ0) is 28.2. The number of hydrogen-bond acceptors (Lipinski definition) is 12. The molecule has 1 amide bonds. The maximum absolute atomic E-state index is 13.1. The summed E-state index contributed by atoms with van der Waals surface area (Å²) in [5, 5.41) is 2.52. The summed E-state index contributed by atoms with van der Waals surface area (Å²) < 4.78 is 41.9. The average Bonchev–Trinajstić information content (AvgIpc) is 3.28. The first-order valence-corrected chi connectivity index (χ1v) is 13.8. The number of fused-ring (bicyclic) bond motifs is 1. The average molecular weight is 563 g/mol. The summed E-state index contributed by atoms with van der Waals surface area (Å²) >= 11 is 0. The molecule has 4 rings (SSSR count). The number of imidazole rings is 1. The fraction of sp³-hybridized carbons (Fsp3) is 0.458.